The standard InChI is InChI=1S/C14H20N2O4S/c1-10(21(2)20)8-9-15-14(19)16-12(13(17)18)11-6-4-3-5-7-11/h3-7,10,12H,8-9H2,1-2H3,(H,17,18)(H2,15,16,19)/t10?,12-,21?/m1/s1. The van der Waals surface area contributed by atoms with E-state index in [4.69, 9.17) is 0 Å². The molecule has 3 N–H and O–H groups in total. The molecule has 0 radical (unpaired) electrons. The van der Waals surface area contributed by atoms with Crippen molar-refractivity contribution in [3.05, 3.63) is 35.9 Å². The summed E-state index contributed by atoms with van der Waals surface area (Å²) in [7, 11) is -0.939. The molecule has 0 spiro atoms. The predicted molar refractivity (Wildman–Crippen MR) is 81.5 cm³/mol. The first-order chi connectivity index (χ1) is 9.91. The molecule has 0 aliphatic rings. The number of carboxylic acid groups (broad SMARTS) is 1. The number of carboxylic acids is 1. The van der Waals surface area contributed by atoms with Gasteiger partial charge in [0.15, 0.2) is 6.04 Å². The van der Waals surface area contributed by atoms with Crippen LogP contribution in [0.2, 0.25) is 0 Å². The highest BCUT2D eigenvalue weighted by atomic mass is 32.2. The summed E-state index contributed by atoms with van der Waals surface area (Å²) in [5.41, 5.74) is 0.503. The van der Waals surface area contributed by atoms with Gasteiger partial charge in [-0.25, -0.2) is 9.59 Å². The Morgan fingerprint density at radius 2 is 1.90 bits per heavy atom. The third kappa shape index (κ3) is 5.95. The minimum absolute atomic E-state index is 0.0188. The van der Waals surface area contributed by atoms with E-state index in [1.807, 2.05) is 6.92 Å². The van der Waals surface area contributed by atoms with Crippen LogP contribution in [0.1, 0.15) is 24.9 Å². The first-order valence-corrected chi connectivity index (χ1v) is 8.18. The maximum atomic E-state index is 11.7. The van der Waals surface area contributed by atoms with Crippen LogP contribution < -0.4 is 10.6 Å². The number of aliphatic carboxylic acids is 1. The van der Waals surface area contributed by atoms with Crippen molar-refractivity contribution in [3.63, 3.8) is 0 Å². The Balaban J connectivity index is 2.51. The largest absolute Gasteiger partial charge is 0.479 e. The highest BCUT2D eigenvalue weighted by Crippen LogP contribution is 2.12. The molecule has 0 saturated heterocycles. The third-order valence-electron chi connectivity index (χ3n) is 3.06. The topological polar surface area (TPSA) is 95.5 Å². The molecule has 6 nitrogen and oxygen atoms in total. The molecule has 0 aliphatic heterocycles. The van der Waals surface area contributed by atoms with Gasteiger partial charge in [0, 0.05) is 28.9 Å². The lowest BCUT2D eigenvalue weighted by molar-refractivity contribution is -0.139. The van der Waals surface area contributed by atoms with Crippen molar-refractivity contribution in [2.75, 3.05) is 12.8 Å². The van der Waals surface area contributed by atoms with Crippen molar-refractivity contribution >= 4 is 22.8 Å². The van der Waals surface area contributed by atoms with E-state index in [2.05, 4.69) is 10.6 Å². The summed E-state index contributed by atoms with van der Waals surface area (Å²) in [6, 6.07) is 6.83. The molecular weight excluding hydrogens is 292 g/mol. The summed E-state index contributed by atoms with van der Waals surface area (Å²) in [5.74, 6) is -1.13. The van der Waals surface area contributed by atoms with Gasteiger partial charge in [0.2, 0.25) is 0 Å². The summed E-state index contributed by atoms with van der Waals surface area (Å²) < 4.78 is 11.2. The van der Waals surface area contributed by atoms with Crippen LogP contribution in [-0.2, 0) is 15.6 Å². The number of rotatable bonds is 7. The Hall–Kier alpha value is -1.89. The molecule has 3 atom stereocenters. The molecule has 7 heteroatoms. The molecule has 2 unspecified atom stereocenters. The predicted octanol–water partition coefficient (Wildman–Crippen LogP) is 1.27. The van der Waals surface area contributed by atoms with Crippen molar-refractivity contribution in [3.8, 4) is 0 Å². The van der Waals surface area contributed by atoms with Crippen LogP contribution in [0.5, 0.6) is 0 Å². The van der Waals surface area contributed by atoms with Gasteiger partial charge in [-0.15, -0.1) is 0 Å². The zero-order valence-electron chi connectivity index (χ0n) is 12.0. The molecule has 21 heavy (non-hydrogen) atoms. The van der Waals surface area contributed by atoms with E-state index in [1.165, 1.54) is 0 Å². The smallest absolute Gasteiger partial charge is 0.330 e. The molecule has 0 fully saturated rings. The molecular formula is C14H20N2O4S. The van der Waals surface area contributed by atoms with Crippen molar-refractivity contribution < 1.29 is 18.9 Å². The Bertz CT molecular complexity index is 507. The van der Waals surface area contributed by atoms with Crippen molar-refractivity contribution in [1.82, 2.24) is 10.6 Å². The van der Waals surface area contributed by atoms with Gasteiger partial charge in [0.1, 0.15) is 0 Å². The van der Waals surface area contributed by atoms with Crippen LogP contribution in [0.3, 0.4) is 0 Å². The van der Waals surface area contributed by atoms with Crippen LogP contribution in [-0.4, -0.2) is 39.4 Å². The van der Waals surface area contributed by atoms with Crippen LogP contribution in [0.4, 0.5) is 4.79 Å². The van der Waals surface area contributed by atoms with Gasteiger partial charge in [-0.2, -0.15) is 0 Å². The zero-order valence-corrected chi connectivity index (χ0v) is 12.9. The minimum Gasteiger partial charge on any atom is -0.479 e. The summed E-state index contributed by atoms with van der Waals surface area (Å²) in [4.78, 5) is 22.9. The van der Waals surface area contributed by atoms with E-state index in [0.29, 0.717) is 18.5 Å². The Morgan fingerprint density at radius 1 is 1.29 bits per heavy atom. The average molecular weight is 312 g/mol. The molecule has 0 bridgehead atoms. The first-order valence-electron chi connectivity index (χ1n) is 6.56. The molecule has 116 valence electrons. The Labute approximate surface area is 126 Å². The minimum atomic E-state index is -1.13. The van der Waals surface area contributed by atoms with Crippen molar-refractivity contribution in [2.45, 2.75) is 24.6 Å². The number of urea groups is 1. The molecule has 1 aromatic carbocycles. The van der Waals surface area contributed by atoms with Gasteiger partial charge in [-0.05, 0) is 12.0 Å². The second kappa shape index (κ2) is 8.41. The maximum absolute atomic E-state index is 11.7. The van der Waals surface area contributed by atoms with E-state index >= 15 is 0 Å². The first kappa shape index (κ1) is 17.2. The van der Waals surface area contributed by atoms with Gasteiger partial charge in [0.25, 0.3) is 0 Å². The van der Waals surface area contributed by atoms with E-state index < -0.39 is 28.8 Å². The molecule has 0 saturated carbocycles. The number of hydrogen-bond acceptors (Lipinski definition) is 3. The van der Waals surface area contributed by atoms with Crippen molar-refractivity contribution in [2.24, 2.45) is 0 Å². The fourth-order valence-electron chi connectivity index (χ4n) is 1.67. The Kier molecular flexibility index (Phi) is 6.87. The molecule has 1 aromatic rings. The number of amides is 2. The fraction of sp³-hybridized carbons (Fsp3) is 0.429. The zero-order chi connectivity index (χ0) is 15.8. The summed E-state index contributed by atoms with van der Waals surface area (Å²) in [5, 5.41) is 14.1. The summed E-state index contributed by atoms with van der Waals surface area (Å²) in [6.07, 6.45) is 2.18. The average Bonchev–Trinajstić information content (AvgIpc) is 2.45. The van der Waals surface area contributed by atoms with E-state index in [0.717, 1.165) is 0 Å². The highest BCUT2D eigenvalue weighted by Gasteiger charge is 2.21. The van der Waals surface area contributed by atoms with Crippen LogP contribution in [0.15, 0.2) is 30.3 Å². The fourth-order valence-corrected chi connectivity index (χ4v) is 2.12. The lowest BCUT2D eigenvalue weighted by Gasteiger charge is -2.16. The summed E-state index contributed by atoms with van der Waals surface area (Å²) in [6.45, 7) is 2.17. The van der Waals surface area contributed by atoms with Crippen LogP contribution in [0, 0.1) is 0 Å². The number of benzene rings is 1. The number of carbonyl (C=O) groups is 2. The molecule has 2 amide bonds. The quantitative estimate of drug-likeness (QED) is 0.706. The van der Waals surface area contributed by atoms with Gasteiger partial charge in [0.05, 0.1) is 0 Å². The van der Waals surface area contributed by atoms with E-state index in [1.54, 1.807) is 36.6 Å². The van der Waals surface area contributed by atoms with Gasteiger partial charge >= 0.3 is 12.0 Å². The molecule has 1 rings (SSSR count). The SMILES string of the molecule is CC(CCNC(=O)N[C@@H](C(=O)O)c1ccccc1)S(C)=O. The van der Waals surface area contributed by atoms with E-state index in [-0.39, 0.29) is 5.25 Å². The monoisotopic (exact) mass is 312 g/mol. The normalized spacial score (nSPS) is 14.8. The molecule has 0 heterocycles. The second-order valence-corrected chi connectivity index (χ2v) is 6.48. The van der Waals surface area contributed by atoms with Crippen LogP contribution >= 0.6 is 0 Å². The lowest BCUT2D eigenvalue weighted by Crippen LogP contribution is -2.41. The van der Waals surface area contributed by atoms with Gasteiger partial charge in [-0.3, -0.25) is 4.21 Å². The molecule has 0 aromatic heterocycles. The second-order valence-electron chi connectivity index (χ2n) is 4.68. The Morgan fingerprint density at radius 3 is 2.43 bits per heavy atom. The molecule has 0 aliphatic carbocycles. The third-order valence-corrected chi connectivity index (χ3v) is 4.43. The van der Waals surface area contributed by atoms with Crippen molar-refractivity contribution in [1.29, 1.82) is 0 Å². The number of nitrogens with one attached hydrogen (secondary N) is 2. The van der Waals surface area contributed by atoms with Gasteiger partial charge < -0.3 is 15.7 Å². The van der Waals surface area contributed by atoms with Gasteiger partial charge in [-0.1, -0.05) is 37.3 Å². The maximum Gasteiger partial charge on any atom is 0.330 e. The van der Waals surface area contributed by atoms with E-state index in [9.17, 15) is 18.9 Å². The number of hydrogen-bond donors (Lipinski definition) is 3. The summed E-state index contributed by atoms with van der Waals surface area (Å²) >= 11 is 0. The highest BCUT2D eigenvalue weighted by molar-refractivity contribution is 7.84. The van der Waals surface area contributed by atoms with Crippen LogP contribution in [0.25, 0.3) is 0 Å². The number of carbonyl (C=O) groups excluding carboxylic acids is 1. The lowest BCUT2D eigenvalue weighted by atomic mass is 10.1.